The first-order valence-corrected chi connectivity index (χ1v) is 10.3. The molecule has 2 heterocycles. The lowest BCUT2D eigenvalue weighted by Crippen LogP contribution is -2.52. The molecule has 4 rings (SSSR count). The van der Waals surface area contributed by atoms with Crippen LogP contribution in [0.5, 0.6) is 0 Å². The van der Waals surface area contributed by atoms with Gasteiger partial charge in [0.2, 0.25) is 11.8 Å². The third-order valence-electron chi connectivity index (χ3n) is 5.20. The van der Waals surface area contributed by atoms with Gasteiger partial charge in [0.25, 0.3) is 11.8 Å². The molecular weight excluding hydrogens is 459 g/mol. The molecule has 9 nitrogen and oxygen atoms in total. The predicted molar refractivity (Wildman–Crippen MR) is 115 cm³/mol. The van der Waals surface area contributed by atoms with E-state index in [0.29, 0.717) is 16.3 Å². The lowest BCUT2D eigenvalue weighted by molar-refractivity contribution is -0.136. The fourth-order valence-corrected chi connectivity index (χ4v) is 4.01. The van der Waals surface area contributed by atoms with E-state index in [2.05, 4.69) is 16.0 Å². The maximum atomic E-state index is 13.0. The first-order chi connectivity index (χ1) is 15.2. The number of fused-ring (bicyclic) bond motifs is 1. The largest absolute Gasteiger partial charge is 0.326 e. The van der Waals surface area contributed by atoms with E-state index in [-0.39, 0.29) is 41.4 Å². The molecule has 11 heteroatoms. The molecule has 0 aliphatic carbocycles. The number of urea groups is 1. The van der Waals surface area contributed by atoms with E-state index in [0.717, 1.165) is 0 Å². The Hall–Kier alpha value is -3.43. The lowest BCUT2D eigenvalue weighted by atomic mass is 10.0. The van der Waals surface area contributed by atoms with Crippen molar-refractivity contribution in [2.45, 2.75) is 25.4 Å². The summed E-state index contributed by atoms with van der Waals surface area (Å²) in [4.78, 5) is 63.0. The van der Waals surface area contributed by atoms with Gasteiger partial charge in [-0.15, -0.1) is 0 Å². The van der Waals surface area contributed by atoms with Gasteiger partial charge in [-0.3, -0.25) is 29.8 Å². The quantitative estimate of drug-likeness (QED) is 0.589. The van der Waals surface area contributed by atoms with Gasteiger partial charge in [0.15, 0.2) is 0 Å². The van der Waals surface area contributed by atoms with Gasteiger partial charge in [0.1, 0.15) is 6.04 Å². The molecule has 3 N–H and O–H groups in total. The zero-order valence-electron chi connectivity index (χ0n) is 16.4. The Morgan fingerprint density at radius 2 is 1.84 bits per heavy atom. The molecule has 1 fully saturated rings. The number of nitrogens with zero attached hydrogens (tertiary/aromatic N) is 1. The van der Waals surface area contributed by atoms with Crippen LogP contribution in [-0.4, -0.2) is 40.6 Å². The number of hydrogen-bond donors (Lipinski definition) is 3. The van der Waals surface area contributed by atoms with Crippen LogP contribution in [-0.2, 0) is 16.1 Å². The van der Waals surface area contributed by atoms with Crippen molar-refractivity contribution in [2.24, 2.45) is 0 Å². The third kappa shape index (κ3) is 4.17. The zero-order valence-corrected chi connectivity index (χ0v) is 17.9. The van der Waals surface area contributed by atoms with Gasteiger partial charge in [0.05, 0.1) is 21.2 Å². The molecule has 0 aromatic heterocycles. The SMILES string of the molecule is O=C1CCC(N2Cc3cccc(C(=O)NC(=O)Nc4ccc(Cl)c(Cl)c4)c3C2=O)C(=O)N1. The molecule has 0 spiro atoms. The van der Waals surface area contributed by atoms with E-state index in [1.807, 2.05) is 0 Å². The maximum Gasteiger partial charge on any atom is 0.326 e. The predicted octanol–water partition coefficient (Wildman–Crippen LogP) is 2.72. The zero-order chi connectivity index (χ0) is 23.0. The topological polar surface area (TPSA) is 125 Å². The van der Waals surface area contributed by atoms with Crippen molar-refractivity contribution in [3.8, 4) is 0 Å². The van der Waals surface area contributed by atoms with Crippen LogP contribution in [0.15, 0.2) is 36.4 Å². The summed E-state index contributed by atoms with van der Waals surface area (Å²) >= 11 is 11.8. The number of benzene rings is 2. The summed E-state index contributed by atoms with van der Waals surface area (Å²) in [6, 6.07) is 7.49. The van der Waals surface area contributed by atoms with Gasteiger partial charge < -0.3 is 10.2 Å². The van der Waals surface area contributed by atoms with Crippen molar-refractivity contribution in [3.05, 3.63) is 63.1 Å². The number of rotatable bonds is 3. The fourth-order valence-electron chi connectivity index (χ4n) is 3.71. The Kier molecular flexibility index (Phi) is 5.86. The van der Waals surface area contributed by atoms with Gasteiger partial charge in [-0.1, -0.05) is 35.3 Å². The van der Waals surface area contributed by atoms with Gasteiger partial charge in [-0.25, -0.2) is 4.79 Å². The molecule has 0 saturated carbocycles. The molecule has 2 aliphatic rings. The Morgan fingerprint density at radius 3 is 2.56 bits per heavy atom. The normalized spacial score (nSPS) is 17.6. The van der Waals surface area contributed by atoms with Gasteiger partial charge >= 0.3 is 6.03 Å². The third-order valence-corrected chi connectivity index (χ3v) is 5.94. The molecule has 2 aromatic rings. The standard InChI is InChI=1S/C21H16Cl2N4O5/c22-13-5-4-11(8-14(13)23)24-21(32)26-18(29)12-3-1-2-10-9-27(20(31)17(10)12)15-6-7-16(28)25-19(15)30/h1-5,8,15H,6-7,9H2,(H,25,28,30)(H2,24,26,29,32). The molecule has 32 heavy (non-hydrogen) atoms. The second-order valence-corrected chi connectivity index (χ2v) is 8.09. The van der Waals surface area contributed by atoms with Crippen molar-refractivity contribution < 1.29 is 24.0 Å². The highest BCUT2D eigenvalue weighted by Gasteiger charge is 2.40. The summed E-state index contributed by atoms with van der Waals surface area (Å²) in [7, 11) is 0. The highest BCUT2D eigenvalue weighted by atomic mass is 35.5. The van der Waals surface area contributed by atoms with E-state index >= 15 is 0 Å². The van der Waals surface area contributed by atoms with E-state index in [4.69, 9.17) is 23.2 Å². The number of hydrogen-bond acceptors (Lipinski definition) is 5. The summed E-state index contributed by atoms with van der Waals surface area (Å²) in [6.07, 6.45) is 0.330. The average molecular weight is 475 g/mol. The van der Waals surface area contributed by atoms with Crippen molar-refractivity contribution in [1.82, 2.24) is 15.5 Å². The van der Waals surface area contributed by atoms with Crippen molar-refractivity contribution in [2.75, 3.05) is 5.32 Å². The fraction of sp³-hybridized carbons (Fsp3) is 0.190. The minimum atomic E-state index is -0.821. The second kappa shape index (κ2) is 8.60. The van der Waals surface area contributed by atoms with Crippen LogP contribution in [0.1, 0.15) is 39.1 Å². The molecule has 2 aliphatic heterocycles. The van der Waals surface area contributed by atoms with Crippen LogP contribution in [0.2, 0.25) is 10.0 Å². The number of halogens is 2. The molecule has 1 atom stereocenters. The number of amides is 6. The Labute approximate surface area is 192 Å². The van der Waals surface area contributed by atoms with E-state index in [9.17, 15) is 24.0 Å². The number of imide groups is 2. The molecule has 0 radical (unpaired) electrons. The molecule has 2 aromatic carbocycles. The van der Waals surface area contributed by atoms with Crippen LogP contribution in [0.3, 0.4) is 0 Å². The van der Waals surface area contributed by atoms with Gasteiger partial charge in [0, 0.05) is 18.7 Å². The summed E-state index contributed by atoms with van der Waals surface area (Å²) in [5.41, 5.74) is 1.00. The van der Waals surface area contributed by atoms with Crippen LogP contribution in [0.4, 0.5) is 10.5 Å². The molecule has 1 unspecified atom stereocenters. The number of anilines is 1. The number of carbonyl (C=O) groups is 5. The molecule has 1 saturated heterocycles. The number of carbonyl (C=O) groups excluding carboxylic acids is 5. The summed E-state index contributed by atoms with van der Waals surface area (Å²) in [6.45, 7) is 0.122. The van der Waals surface area contributed by atoms with Crippen LogP contribution in [0, 0.1) is 0 Å². The Balaban J connectivity index is 1.50. The summed E-state index contributed by atoms with van der Waals surface area (Å²) in [5.74, 6) is -2.22. The molecular formula is C21H16Cl2N4O5. The van der Waals surface area contributed by atoms with Gasteiger partial charge in [-0.05, 0) is 36.2 Å². The lowest BCUT2D eigenvalue weighted by Gasteiger charge is -2.29. The highest BCUT2D eigenvalue weighted by Crippen LogP contribution is 2.30. The highest BCUT2D eigenvalue weighted by molar-refractivity contribution is 6.42. The maximum absolute atomic E-state index is 13.0. The summed E-state index contributed by atoms with van der Waals surface area (Å²) in [5, 5.41) is 7.41. The molecule has 6 amide bonds. The molecule has 0 bridgehead atoms. The second-order valence-electron chi connectivity index (χ2n) is 7.28. The Bertz CT molecular complexity index is 1180. The van der Waals surface area contributed by atoms with Crippen LogP contribution < -0.4 is 16.0 Å². The van der Waals surface area contributed by atoms with Crippen molar-refractivity contribution in [1.29, 1.82) is 0 Å². The minimum absolute atomic E-state index is 0.00609. The first kappa shape index (κ1) is 21.8. The monoisotopic (exact) mass is 474 g/mol. The summed E-state index contributed by atoms with van der Waals surface area (Å²) < 4.78 is 0. The van der Waals surface area contributed by atoms with Crippen molar-refractivity contribution >= 4 is 58.5 Å². The van der Waals surface area contributed by atoms with E-state index < -0.39 is 29.8 Å². The van der Waals surface area contributed by atoms with E-state index in [1.54, 1.807) is 12.1 Å². The molecule has 164 valence electrons. The first-order valence-electron chi connectivity index (χ1n) is 9.58. The van der Waals surface area contributed by atoms with Gasteiger partial charge in [-0.2, -0.15) is 0 Å². The number of piperidine rings is 1. The minimum Gasteiger partial charge on any atom is -0.322 e. The number of nitrogens with one attached hydrogen (secondary N) is 3. The van der Waals surface area contributed by atoms with Crippen LogP contribution in [0.25, 0.3) is 0 Å². The van der Waals surface area contributed by atoms with Crippen molar-refractivity contribution in [3.63, 3.8) is 0 Å². The van der Waals surface area contributed by atoms with Crippen LogP contribution >= 0.6 is 23.2 Å². The Morgan fingerprint density at radius 1 is 1.06 bits per heavy atom. The average Bonchev–Trinajstić information content (AvgIpc) is 3.07. The smallest absolute Gasteiger partial charge is 0.322 e. The van der Waals surface area contributed by atoms with E-state index in [1.165, 1.54) is 29.2 Å².